The third-order valence-electron chi connectivity index (χ3n) is 2.46. The lowest BCUT2D eigenvalue weighted by atomic mass is 10.3. The summed E-state index contributed by atoms with van der Waals surface area (Å²) in [6.45, 7) is 0. The number of nitrogens with zero attached hydrogens (tertiary/aromatic N) is 2. The van der Waals surface area contributed by atoms with Crippen molar-refractivity contribution >= 4 is 34.0 Å². The molecule has 0 unspecified atom stereocenters. The van der Waals surface area contributed by atoms with E-state index in [9.17, 15) is 9.59 Å². The minimum atomic E-state index is -0.413. The summed E-state index contributed by atoms with van der Waals surface area (Å²) in [6.07, 6.45) is 0. The molecule has 0 atom stereocenters. The van der Waals surface area contributed by atoms with E-state index in [-0.39, 0.29) is 16.7 Å². The summed E-state index contributed by atoms with van der Waals surface area (Å²) in [6, 6.07) is 8.76. The molecule has 1 aromatic heterocycles. The molecule has 2 N–H and O–H groups in total. The Labute approximate surface area is 100 Å². The fourth-order valence-electron chi connectivity index (χ4n) is 1.74. The summed E-state index contributed by atoms with van der Waals surface area (Å²) in [5, 5.41) is 0.240. The van der Waals surface area contributed by atoms with Gasteiger partial charge in [0, 0.05) is 0 Å². The Bertz CT molecular complexity index is 587. The van der Waals surface area contributed by atoms with Gasteiger partial charge in [-0.15, -0.1) is 0 Å². The van der Waals surface area contributed by atoms with Crippen LogP contribution in [0.3, 0.4) is 0 Å². The first-order valence-corrected chi connectivity index (χ1v) is 5.70. The van der Waals surface area contributed by atoms with Crippen LogP contribution in [0.2, 0.25) is 0 Å². The van der Waals surface area contributed by atoms with Crippen LogP contribution >= 0.6 is 11.3 Å². The number of thiazole rings is 1. The van der Waals surface area contributed by atoms with E-state index in [0.29, 0.717) is 10.6 Å². The number of carbonyl (C=O) groups is 2. The first-order chi connectivity index (χ1) is 8.18. The van der Waals surface area contributed by atoms with E-state index in [1.807, 2.05) is 6.07 Å². The van der Waals surface area contributed by atoms with E-state index in [2.05, 4.69) is 4.98 Å². The Morgan fingerprint density at radius 2 is 1.82 bits per heavy atom. The summed E-state index contributed by atoms with van der Waals surface area (Å²) >= 11 is 1.04. The molecule has 3 rings (SSSR count). The SMILES string of the molecule is Nc1nc2c(s1)C(=O)N(c1ccccc1)C2=O. The molecule has 2 amide bonds. The first kappa shape index (κ1) is 9.98. The monoisotopic (exact) mass is 245 g/mol. The van der Waals surface area contributed by atoms with Gasteiger partial charge in [0.25, 0.3) is 11.8 Å². The van der Waals surface area contributed by atoms with Gasteiger partial charge < -0.3 is 5.73 Å². The summed E-state index contributed by atoms with van der Waals surface area (Å²) in [4.78, 5) is 29.4. The molecule has 2 heterocycles. The van der Waals surface area contributed by atoms with Gasteiger partial charge in [0.15, 0.2) is 10.8 Å². The molecule has 2 aromatic rings. The number of benzene rings is 1. The maximum absolute atomic E-state index is 12.0. The molecule has 6 heteroatoms. The van der Waals surface area contributed by atoms with Crippen molar-refractivity contribution in [3.8, 4) is 0 Å². The number of fused-ring (bicyclic) bond motifs is 1. The summed E-state index contributed by atoms with van der Waals surface area (Å²) in [7, 11) is 0. The van der Waals surface area contributed by atoms with Crippen LogP contribution in [0, 0.1) is 0 Å². The third kappa shape index (κ3) is 1.34. The van der Waals surface area contributed by atoms with E-state index >= 15 is 0 Å². The Kier molecular flexibility index (Phi) is 1.99. The quantitative estimate of drug-likeness (QED) is 0.773. The average Bonchev–Trinajstić information content (AvgIpc) is 2.81. The molecule has 84 valence electrons. The average molecular weight is 245 g/mol. The number of amides is 2. The zero-order chi connectivity index (χ0) is 12.0. The lowest BCUT2D eigenvalue weighted by Crippen LogP contribution is -2.29. The third-order valence-corrected chi connectivity index (χ3v) is 3.33. The van der Waals surface area contributed by atoms with Gasteiger partial charge in [-0.2, -0.15) is 0 Å². The van der Waals surface area contributed by atoms with Crippen molar-refractivity contribution in [1.82, 2.24) is 4.98 Å². The molecule has 0 radical (unpaired) electrons. The Hall–Kier alpha value is -2.21. The van der Waals surface area contributed by atoms with Crippen molar-refractivity contribution in [2.45, 2.75) is 0 Å². The molecule has 0 saturated heterocycles. The number of nitrogens with two attached hydrogens (primary N) is 1. The van der Waals surface area contributed by atoms with Crippen molar-refractivity contribution in [1.29, 1.82) is 0 Å². The maximum atomic E-state index is 12.0. The molecule has 1 aliphatic heterocycles. The van der Waals surface area contributed by atoms with E-state index in [0.717, 1.165) is 16.2 Å². The van der Waals surface area contributed by atoms with Crippen LogP contribution in [0.15, 0.2) is 30.3 Å². The number of hydrogen-bond donors (Lipinski definition) is 1. The predicted molar refractivity (Wildman–Crippen MR) is 64.1 cm³/mol. The molecule has 0 fully saturated rings. The Morgan fingerprint density at radius 3 is 2.47 bits per heavy atom. The van der Waals surface area contributed by atoms with Crippen LogP contribution in [-0.4, -0.2) is 16.8 Å². The number of rotatable bonds is 1. The van der Waals surface area contributed by atoms with Crippen molar-refractivity contribution in [3.63, 3.8) is 0 Å². The lowest BCUT2D eigenvalue weighted by molar-refractivity contribution is 0.0925. The smallest absolute Gasteiger partial charge is 0.285 e. The van der Waals surface area contributed by atoms with Gasteiger partial charge in [0.2, 0.25) is 0 Å². The van der Waals surface area contributed by atoms with Gasteiger partial charge in [-0.25, -0.2) is 9.88 Å². The van der Waals surface area contributed by atoms with Crippen LogP contribution < -0.4 is 10.6 Å². The number of imide groups is 1. The molecule has 0 aliphatic carbocycles. The van der Waals surface area contributed by atoms with E-state index in [1.54, 1.807) is 24.3 Å². The van der Waals surface area contributed by atoms with E-state index in [4.69, 9.17) is 5.73 Å². The number of anilines is 2. The molecule has 0 saturated carbocycles. The van der Waals surface area contributed by atoms with Gasteiger partial charge >= 0.3 is 0 Å². The minimum absolute atomic E-state index is 0.154. The van der Waals surface area contributed by atoms with Crippen molar-refractivity contribution in [3.05, 3.63) is 40.9 Å². The largest absolute Gasteiger partial charge is 0.375 e. The number of aromatic nitrogens is 1. The highest BCUT2D eigenvalue weighted by molar-refractivity contribution is 7.18. The molecule has 0 bridgehead atoms. The summed E-state index contributed by atoms with van der Waals surface area (Å²) in [5.41, 5.74) is 6.18. The number of hydrogen-bond acceptors (Lipinski definition) is 5. The predicted octanol–water partition coefficient (Wildman–Crippen LogP) is 1.53. The van der Waals surface area contributed by atoms with E-state index < -0.39 is 5.91 Å². The Morgan fingerprint density at radius 1 is 1.12 bits per heavy atom. The van der Waals surface area contributed by atoms with E-state index in [1.165, 1.54) is 0 Å². The molecule has 0 spiro atoms. The lowest BCUT2D eigenvalue weighted by Gasteiger charge is -2.12. The van der Waals surface area contributed by atoms with Crippen LogP contribution in [0.1, 0.15) is 20.2 Å². The van der Waals surface area contributed by atoms with Gasteiger partial charge in [0.1, 0.15) is 4.88 Å². The number of nitrogen functional groups attached to an aromatic ring is 1. The van der Waals surface area contributed by atoms with Crippen LogP contribution in [0.5, 0.6) is 0 Å². The van der Waals surface area contributed by atoms with Crippen LogP contribution in [-0.2, 0) is 0 Å². The fourth-order valence-corrected chi connectivity index (χ4v) is 2.49. The first-order valence-electron chi connectivity index (χ1n) is 4.88. The van der Waals surface area contributed by atoms with Gasteiger partial charge in [-0.3, -0.25) is 9.59 Å². The number of para-hydroxylation sites is 1. The molecular formula is C11H7N3O2S. The molecular weight excluding hydrogens is 238 g/mol. The molecule has 17 heavy (non-hydrogen) atoms. The highest BCUT2D eigenvalue weighted by atomic mass is 32.1. The zero-order valence-electron chi connectivity index (χ0n) is 8.58. The fraction of sp³-hybridized carbons (Fsp3) is 0. The van der Waals surface area contributed by atoms with Crippen molar-refractivity contribution < 1.29 is 9.59 Å². The van der Waals surface area contributed by atoms with Crippen molar-refractivity contribution in [2.75, 3.05) is 10.6 Å². The van der Waals surface area contributed by atoms with Gasteiger partial charge in [0.05, 0.1) is 5.69 Å². The second-order valence-corrected chi connectivity index (χ2v) is 4.54. The second kappa shape index (κ2) is 3.39. The molecule has 1 aromatic carbocycles. The Balaban J connectivity index is 2.10. The highest BCUT2D eigenvalue weighted by Crippen LogP contribution is 2.32. The highest BCUT2D eigenvalue weighted by Gasteiger charge is 2.40. The maximum Gasteiger partial charge on any atom is 0.285 e. The molecule has 5 nitrogen and oxygen atoms in total. The molecule has 1 aliphatic rings. The number of carbonyl (C=O) groups excluding carboxylic acids is 2. The van der Waals surface area contributed by atoms with Gasteiger partial charge in [-0.1, -0.05) is 29.5 Å². The standard InChI is InChI=1S/C11H7N3O2S/c12-11-13-7-8(17-11)10(16)14(9(7)15)6-4-2-1-3-5-6/h1-5H,(H2,12,13). The van der Waals surface area contributed by atoms with Crippen molar-refractivity contribution in [2.24, 2.45) is 0 Å². The normalized spacial score (nSPS) is 14.2. The summed E-state index contributed by atoms with van der Waals surface area (Å²) in [5.74, 6) is -0.769. The summed E-state index contributed by atoms with van der Waals surface area (Å²) < 4.78 is 0. The van der Waals surface area contributed by atoms with Gasteiger partial charge in [-0.05, 0) is 12.1 Å². The second-order valence-electron chi connectivity index (χ2n) is 3.51. The minimum Gasteiger partial charge on any atom is -0.375 e. The van der Waals surface area contributed by atoms with Crippen LogP contribution in [0.4, 0.5) is 10.8 Å². The van der Waals surface area contributed by atoms with Crippen LogP contribution in [0.25, 0.3) is 0 Å². The zero-order valence-corrected chi connectivity index (χ0v) is 9.40. The topological polar surface area (TPSA) is 76.3 Å².